The van der Waals surface area contributed by atoms with Crippen LogP contribution in [0.5, 0.6) is 0 Å². The molecule has 0 spiro atoms. The van der Waals surface area contributed by atoms with Crippen LogP contribution in [0.2, 0.25) is 0 Å². The van der Waals surface area contributed by atoms with Crippen LogP contribution in [0.4, 0.5) is 0 Å². The number of pyridine rings is 5. The van der Waals surface area contributed by atoms with E-state index in [0.717, 1.165) is 28.5 Å². The van der Waals surface area contributed by atoms with Crippen LogP contribution in [0, 0.1) is 0 Å². The van der Waals surface area contributed by atoms with E-state index >= 15 is 0 Å². The van der Waals surface area contributed by atoms with Crippen molar-refractivity contribution in [3.05, 3.63) is 150 Å². The van der Waals surface area contributed by atoms with E-state index in [1.165, 1.54) is 0 Å². The first-order chi connectivity index (χ1) is 17.3. The van der Waals surface area contributed by atoms with E-state index in [-0.39, 0.29) is 0 Å². The zero-order valence-electron chi connectivity index (χ0n) is 19.4. The molecule has 0 bridgehead atoms. The average molecular weight is 459 g/mol. The van der Waals surface area contributed by atoms with Gasteiger partial charge in [0.2, 0.25) is 0 Å². The molecule has 0 saturated heterocycles. The molecule has 35 heavy (non-hydrogen) atoms. The molecule has 172 valence electrons. The predicted molar refractivity (Wildman–Crippen MR) is 135 cm³/mol. The van der Waals surface area contributed by atoms with Crippen molar-refractivity contribution in [2.24, 2.45) is 0 Å². The Morgan fingerprint density at radius 3 is 1.23 bits per heavy atom. The maximum atomic E-state index is 4.88. The Morgan fingerprint density at radius 2 is 0.857 bits per heavy atom. The molecule has 0 aromatic carbocycles. The van der Waals surface area contributed by atoms with Crippen molar-refractivity contribution < 1.29 is 0 Å². The predicted octanol–water partition coefficient (Wildman–Crippen LogP) is 4.85. The van der Waals surface area contributed by atoms with Gasteiger partial charge in [-0.25, -0.2) is 0 Å². The lowest BCUT2D eigenvalue weighted by Crippen LogP contribution is -2.49. The normalized spacial score (nSPS) is 11.5. The van der Waals surface area contributed by atoms with Crippen LogP contribution in [0.15, 0.2) is 122 Å². The second-order valence-electron chi connectivity index (χ2n) is 8.29. The minimum atomic E-state index is -0.716. The van der Waals surface area contributed by atoms with Gasteiger partial charge in [-0.15, -0.1) is 0 Å². The molecule has 0 amide bonds. The van der Waals surface area contributed by atoms with Gasteiger partial charge in [0.15, 0.2) is 0 Å². The van der Waals surface area contributed by atoms with Crippen LogP contribution < -0.4 is 0 Å². The van der Waals surface area contributed by atoms with Crippen molar-refractivity contribution >= 4 is 0 Å². The van der Waals surface area contributed by atoms with Crippen molar-refractivity contribution in [2.45, 2.75) is 25.0 Å². The summed E-state index contributed by atoms with van der Waals surface area (Å²) >= 11 is 0. The Morgan fingerprint density at radius 1 is 0.457 bits per heavy atom. The third-order valence-electron chi connectivity index (χ3n) is 6.04. The van der Waals surface area contributed by atoms with Gasteiger partial charge in [-0.2, -0.15) is 0 Å². The van der Waals surface area contributed by atoms with Crippen LogP contribution in [0.1, 0.15) is 28.5 Å². The fourth-order valence-electron chi connectivity index (χ4n) is 4.43. The fraction of sp³-hybridized carbons (Fsp3) is 0.138. The second-order valence-corrected chi connectivity index (χ2v) is 8.29. The van der Waals surface area contributed by atoms with Crippen molar-refractivity contribution in [3.8, 4) is 0 Å². The zero-order valence-corrected chi connectivity index (χ0v) is 19.4. The van der Waals surface area contributed by atoms with E-state index < -0.39 is 5.54 Å². The molecule has 5 rings (SSSR count). The van der Waals surface area contributed by atoms with Gasteiger partial charge in [-0.1, -0.05) is 30.3 Å². The van der Waals surface area contributed by atoms with Crippen molar-refractivity contribution in [1.82, 2.24) is 29.8 Å². The summed E-state index contributed by atoms with van der Waals surface area (Å²) in [6.45, 7) is 1.16. The van der Waals surface area contributed by atoms with Crippen LogP contribution in [0.25, 0.3) is 0 Å². The maximum absolute atomic E-state index is 4.88. The highest BCUT2D eigenvalue weighted by Crippen LogP contribution is 2.39. The molecular formula is C29H26N6. The van der Waals surface area contributed by atoms with E-state index in [1.54, 1.807) is 0 Å². The van der Waals surface area contributed by atoms with Crippen LogP contribution >= 0.6 is 0 Å². The van der Waals surface area contributed by atoms with Gasteiger partial charge in [-0.05, 0) is 60.7 Å². The second kappa shape index (κ2) is 10.8. The number of hydrogen-bond donors (Lipinski definition) is 0. The minimum Gasteiger partial charge on any atom is -0.275 e. The summed E-state index contributed by atoms with van der Waals surface area (Å²) < 4.78 is 0. The third-order valence-corrected chi connectivity index (χ3v) is 6.04. The molecule has 0 saturated carbocycles. The summed E-state index contributed by atoms with van der Waals surface area (Å²) in [6, 6.07) is 30.1. The lowest BCUT2D eigenvalue weighted by Gasteiger charge is -2.43. The van der Waals surface area contributed by atoms with E-state index in [1.807, 2.05) is 104 Å². The van der Waals surface area contributed by atoms with Gasteiger partial charge in [0.05, 0.1) is 22.8 Å². The fourth-order valence-corrected chi connectivity index (χ4v) is 4.43. The number of rotatable bonds is 9. The van der Waals surface area contributed by atoms with E-state index in [4.69, 9.17) is 15.0 Å². The van der Waals surface area contributed by atoms with Gasteiger partial charge in [0.25, 0.3) is 0 Å². The molecule has 0 radical (unpaired) electrons. The van der Waals surface area contributed by atoms with E-state index in [2.05, 4.69) is 33.1 Å². The van der Waals surface area contributed by atoms with Gasteiger partial charge in [-0.3, -0.25) is 29.8 Å². The molecule has 0 aliphatic heterocycles. The lowest BCUT2D eigenvalue weighted by atomic mass is 9.82. The quantitative estimate of drug-likeness (QED) is 0.315. The monoisotopic (exact) mass is 458 g/mol. The molecule has 6 nitrogen and oxygen atoms in total. The Balaban J connectivity index is 1.73. The van der Waals surface area contributed by atoms with E-state index in [9.17, 15) is 0 Å². The summed E-state index contributed by atoms with van der Waals surface area (Å²) in [5.41, 5.74) is 3.95. The topological polar surface area (TPSA) is 67.7 Å². The third kappa shape index (κ3) is 5.13. The summed E-state index contributed by atoms with van der Waals surface area (Å²) in [4.78, 5) is 26.1. The SMILES string of the molecule is c1ccc(CN(Cc2ccccn2)C(Cc2ccccn2)(c2ccccn2)c2ccccn2)nc1. The first-order valence-electron chi connectivity index (χ1n) is 11.6. The first-order valence-corrected chi connectivity index (χ1v) is 11.6. The van der Waals surface area contributed by atoms with E-state index in [0.29, 0.717) is 19.5 Å². The summed E-state index contributed by atoms with van der Waals surface area (Å²) in [5, 5.41) is 0. The molecule has 6 heteroatoms. The van der Waals surface area contributed by atoms with Crippen LogP contribution in [-0.4, -0.2) is 29.8 Å². The smallest absolute Gasteiger partial charge is 0.112 e. The van der Waals surface area contributed by atoms with Gasteiger partial charge >= 0.3 is 0 Å². The maximum Gasteiger partial charge on any atom is 0.112 e. The Kier molecular flexibility index (Phi) is 6.92. The number of hydrogen-bond acceptors (Lipinski definition) is 6. The minimum absolute atomic E-state index is 0.581. The highest BCUT2D eigenvalue weighted by atomic mass is 15.2. The molecule has 5 aromatic rings. The largest absolute Gasteiger partial charge is 0.275 e. The summed E-state index contributed by atoms with van der Waals surface area (Å²) in [5.74, 6) is 0. The summed E-state index contributed by atoms with van der Waals surface area (Å²) in [6.07, 6.45) is 9.75. The molecule has 5 heterocycles. The molecule has 0 unspecified atom stereocenters. The van der Waals surface area contributed by atoms with Crippen LogP contribution in [0.3, 0.4) is 0 Å². The van der Waals surface area contributed by atoms with Crippen molar-refractivity contribution in [1.29, 1.82) is 0 Å². The Bertz CT molecular complexity index is 1220. The van der Waals surface area contributed by atoms with Crippen molar-refractivity contribution in [3.63, 3.8) is 0 Å². The summed E-state index contributed by atoms with van der Waals surface area (Å²) in [7, 11) is 0. The Hall–Kier alpha value is -4.29. The highest BCUT2D eigenvalue weighted by molar-refractivity contribution is 5.34. The van der Waals surface area contributed by atoms with Gasteiger partial charge < -0.3 is 0 Å². The number of nitrogens with zero attached hydrogens (tertiary/aromatic N) is 6. The Labute approximate surface area is 205 Å². The first kappa shape index (κ1) is 22.5. The standard InChI is InChI=1S/C29H26N6/c1-6-16-30-24(11-1)21-29(27-14-4-9-19-33-27,28-15-5-10-20-34-28)35(22-25-12-2-7-17-31-25)23-26-13-3-8-18-32-26/h1-20H,21-23H2. The van der Waals surface area contributed by atoms with Gasteiger partial charge in [0.1, 0.15) is 5.54 Å². The van der Waals surface area contributed by atoms with Crippen LogP contribution in [-0.2, 0) is 25.0 Å². The molecule has 0 N–H and O–H groups in total. The van der Waals surface area contributed by atoms with Crippen molar-refractivity contribution in [2.75, 3.05) is 0 Å². The molecular weight excluding hydrogens is 432 g/mol. The molecule has 0 aliphatic carbocycles. The zero-order chi connectivity index (χ0) is 23.8. The molecule has 0 fully saturated rings. The lowest BCUT2D eigenvalue weighted by molar-refractivity contribution is 0.0909. The highest BCUT2D eigenvalue weighted by Gasteiger charge is 2.44. The molecule has 0 aliphatic rings. The van der Waals surface area contributed by atoms with Gasteiger partial charge in [0, 0.05) is 56.2 Å². The molecule has 5 aromatic heterocycles. The molecule has 0 atom stereocenters. The number of aromatic nitrogens is 5. The average Bonchev–Trinajstić information content (AvgIpc) is 2.94.